The smallest absolute Gasteiger partial charge is 0.193 e. The quantitative estimate of drug-likeness (QED) is 0.537. The van der Waals surface area contributed by atoms with Crippen molar-refractivity contribution in [2.24, 2.45) is 0 Å². The van der Waals surface area contributed by atoms with Crippen molar-refractivity contribution in [2.45, 2.75) is 0 Å². The van der Waals surface area contributed by atoms with E-state index < -0.39 is 0 Å². The minimum absolute atomic E-state index is 0.597. The average Bonchev–Trinajstić information content (AvgIpc) is 2.76. The standard InChI is InChI=1S/C12H7NOS/c14-9-3-4-10-6-7-12(15-10)11-5-1-2-8-13-11/h1-2,5-9H. The molecule has 2 aromatic rings. The zero-order valence-electron chi connectivity index (χ0n) is 7.81. The number of pyridine rings is 1. The molecule has 15 heavy (non-hydrogen) atoms. The van der Waals surface area contributed by atoms with E-state index in [1.807, 2.05) is 30.3 Å². The van der Waals surface area contributed by atoms with Crippen LogP contribution in [0.4, 0.5) is 0 Å². The molecular weight excluding hydrogens is 206 g/mol. The SMILES string of the molecule is O=CC#Cc1ccc(-c2ccccn2)s1. The van der Waals surface area contributed by atoms with Crippen LogP contribution in [0.1, 0.15) is 4.88 Å². The number of carbonyl (C=O) groups excluding carboxylic acids is 1. The van der Waals surface area contributed by atoms with Gasteiger partial charge in [0.2, 0.25) is 0 Å². The molecule has 0 unspecified atom stereocenters. The van der Waals surface area contributed by atoms with Gasteiger partial charge < -0.3 is 0 Å². The predicted molar refractivity (Wildman–Crippen MR) is 60.5 cm³/mol. The summed E-state index contributed by atoms with van der Waals surface area (Å²) in [6.07, 6.45) is 2.35. The van der Waals surface area contributed by atoms with E-state index in [2.05, 4.69) is 16.8 Å². The maximum absolute atomic E-state index is 10.1. The molecule has 0 aliphatic carbocycles. The highest BCUT2D eigenvalue weighted by Crippen LogP contribution is 2.25. The van der Waals surface area contributed by atoms with Gasteiger partial charge in [0.25, 0.3) is 0 Å². The third-order valence-electron chi connectivity index (χ3n) is 1.78. The summed E-state index contributed by atoms with van der Waals surface area (Å²) < 4.78 is 0. The van der Waals surface area contributed by atoms with Crippen molar-refractivity contribution in [3.05, 3.63) is 41.4 Å². The predicted octanol–water partition coefficient (Wildman–Crippen LogP) is 2.36. The van der Waals surface area contributed by atoms with E-state index in [4.69, 9.17) is 0 Å². The Kier molecular flexibility index (Phi) is 2.91. The van der Waals surface area contributed by atoms with Crippen molar-refractivity contribution >= 4 is 17.6 Å². The highest BCUT2D eigenvalue weighted by Gasteiger charge is 2.00. The molecule has 0 saturated heterocycles. The highest BCUT2D eigenvalue weighted by molar-refractivity contribution is 7.16. The van der Waals surface area contributed by atoms with Gasteiger partial charge in [0.15, 0.2) is 6.29 Å². The van der Waals surface area contributed by atoms with E-state index in [-0.39, 0.29) is 0 Å². The van der Waals surface area contributed by atoms with Crippen LogP contribution in [-0.2, 0) is 4.79 Å². The first-order valence-corrected chi connectivity index (χ1v) is 5.18. The maximum Gasteiger partial charge on any atom is 0.193 e. The average molecular weight is 213 g/mol. The molecule has 0 aromatic carbocycles. The van der Waals surface area contributed by atoms with Crippen molar-refractivity contribution < 1.29 is 4.79 Å². The Morgan fingerprint density at radius 3 is 2.93 bits per heavy atom. The summed E-state index contributed by atoms with van der Waals surface area (Å²) in [4.78, 5) is 16.2. The molecule has 2 heterocycles. The van der Waals surface area contributed by atoms with Gasteiger partial charge >= 0.3 is 0 Å². The lowest BCUT2D eigenvalue weighted by atomic mass is 10.3. The lowest BCUT2D eigenvalue weighted by Crippen LogP contribution is -1.75. The van der Waals surface area contributed by atoms with Gasteiger partial charge in [-0.1, -0.05) is 6.07 Å². The third-order valence-corrected chi connectivity index (χ3v) is 2.80. The summed E-state index contributed by atoms with van der Waals surface area (Å²) in [6.45, 7) is 0. The number of carbonyl (C=O) groups is 1. The summed E-state index contributed by atoms with van der Waals surface area (Å²) in [6, 6.07) is 9.62. The maximum atomic E-state index is 10.1. The minimum Gasteiger partial charge on any atom is -0.289 e. The van der Waals surface area contributed by atoms with Crippen LogP contribution >= 0.6 is 11.3 Å². The van der Waals surface area contributed by atoms with Crippen LogP contribution in [0.15, 0.2) is 36.5 Å². The van der Waals surface area contributed by atoms with Gasteiger partial charge in [0.1, 0.15) is 0 Å². The lowest BCUT2D eigenvalue weighted by Gasteiger charge is -1.92. The topological polar surface area (TPSA) is 30.0 Å². The van der Waals surface area contributed by atoms with Gasteiger partial charge in [-0.2, -0.15) is 0 Å². The molecule has 0 fully saturated rings. The minimum atomic E-state index is 0.597. The van der Waals surface area contributed by atoms with Gasteiger partial charge in [-0.05, 0) is 36.1 Å². The van der Waals surface area contributed by atoms with Crippen LogP contribution in [-0.4, -0.2) is 11.3 Å². The van der Waals surface area contributed by atoms with Gasteiger partial charge in [0.05, 0.1) is 15.4 Å². The van der Waals surface area contributed by atoms with Gasteiger partial charge in [-0.3, -0.25) is 9.78 Å². The van der Waals surface area contributed by atoms with Gasteiger partial charge in [-0.25, -0.2) is 0 Å². The molecule has 0 aliphatic rings. The summed E-state index contributed by atoms with van der Waals surface area (Å²) in [5, 5.41) is 0. The number of aldehydes is 1. The Balaban J connectivity index is 2.32. The van der Waals surface area contributed by atoms with E-state index in [0.29, 0.717) is 6.29 Å². The van der Waals surface area contributed by atoms with Crippen LogP contribution in [0.25, 0.3) is 10.6 Å². The second-order valence-electron chi connectivity index (χ2n) is 2.77. The van der Waals surface area contributed by atoms with Crippen LogP contribution < -0.4 is 0 Å². The number of rotatable bonds is 1. The normalized spacial score (nSPS) is 9.07. The number of nitrogens with zero attached hydrogens (tertiary/aromatic N) is 1. The molecule has 0 saturated carbocycles. The van der Waals surface area contributed by atoms with Gasteiger partial charge in [-0.15, -0.1) is 11.3 Å². The van der Waals surface area contributed by atoms with E-state index in [1.165, 1.54) is 11.3 Å². The number of thiophene rings is 1. The molecule has 0 bridgehead atoms. The zero-order chi connectivity index (χ0) is 10.5. The summed E-state index contributed by atoms with van der Waals surface area (Å²) in [7, 11) is 0. The molecular formula is C12H7NOS. The molecule has 72 valence electrons. The molecule has 0 radical (unpaired) electrons. The fourth-order valence-corrected chi connectivity index (χ4v) is 2.00. The summed E-state index contributed by atoms with van der Waals surface area (Å²) in [5.41, 5.74) is 0.932. The molecule has 2 nitrogen and oxygen atoms in total. The Labute approximate surface area is 91.6 Å². The number of hydrogen-bond acceptors (Lipinski definition) is 3. The first-order chi connectivity index (χ1) is 7.40. The first kappa shape index (κ1) is 9.63. The third kappa shape index (κ3) is 2.30. The second kappa shape index (κ2) is 4.54. The fraction of sp³-hybridized carbons (Fsp3) is 0. The van der Waals surface area contributed by atoms with Crippen molar-refractivity contribution in [2.75, 3.05) is 0 Å². The van der Waals surface area contributed by atoms with E-state index in [1.54, 1.807) is 6.20 Å². The molecule has 2 rings (SSSR count). The molecule has 0 amide bonds. The molecule has 0 N–H and O–H groups in total. The zero-order valence-corrected chi connectivity index (χ0v) is 8.62. The molecule has 3 heteroatoms. The Hall–Kier alpha value is -1.92. The van der Waals surface area contributed by atoms with Gasteiger partial charge in [0, 0.05) is 6.20 Å². The van der Waals surface area contributed by atoms with E-state index >= 15 is 0 Å². The van der Waals surface area contributed by atoms with Crippen LogP contribution in [0, 0.1) is 11.8 Å². The van der Waals surface area contributed by atoms with Crippen molar-refractivity contribution in [1.29, 1.82) is 0 Å². The van der Waals surface area contributed by atoms with Crippen molar-refractivity contribution in [1.82, 2.24) is 4.98 Å². The van der Waals surface area contributed by atoms with E-state index in [9.17, 15) is 4.79 Å². The fourth-order valence-electron chi connectivity index (χ4n) is 1.15. The lowest BCUT2D eigenvalue weighted by molar-refractivity contribution is -0.103. The molecule has 0 spiro atoms. The Bertz CT molecular complexity index is 519. The second-order valence-corrected chi connectivity index (χ2v) is 3.85. The van der Waals surface area contributed by atoms with Crippen LogP contribution in [0.3, 0.4) is 0 Å². The van der Waals surface area contributed by atoms with Crippen molar-refractivity contribution in [3.63, 3.8) is 0 Å². The molecule has 2 aromatic heterocycles. The Morgan fingerprint density at radius 2 is 2.20 bits per heavy atom. The molecule has 0 aliphatic heterocycles. The Morgan fingerprint density at radius 1 is 1.27 bits per heavy atom. The number of hydrogen-bond donors (Lipinski definition) is 0. The largest absolute Gasteiger partial charge is 0.289 e. The monoisotopic (exact) mass is 213 g/mol. The van der Waals surface area contributed by atoms with Crippen LogP contribution in [0.2, 0.25) is 0 Å². The van der Waals surface area contributed by atoms with E-state index in [0.717, 1.165) is 15.4 Å². The first-order valence-electron chi connectivity index (χ1n) is 4.36. The number of aromatic nitrogens is 1. The van der Waals surface area contributed by atoms with Crippen LogP contribution in [0.5, 0.6) is 0 Å². The highest BCUT2D eigenvalue weighted by atomic mass is 32.1. The summed E-state index contributed by atoms with van der Waals surface area (Å²) in [5.74, 6) is 5.15. The molecule has 0 atom stereocenters. The van der Waals surface area contributed by atoms with Crippen molar-refractivity contribution in [3.8, 4) is 22.4 Å². The summed E-state index contributed by atoms with van der Waals surface area (Å²) >= 11 is 1.53.